The molecule has 4 rings (SSSR count). The highest BCUT2D eigenvalue weighted by molar-refractivity contribution is 6.30. The van der Waals surface area contributed by atoms with Crippen LogP contribution in [-0.4, -0.2) is 16.2 Å². The number of benzene rings is 2. The van der Waals surface area contributed by atoms with Crippen molar-refractivity contribution in [3.63, 3.8) is 0 Å². The van der Waals surface area contributed by atoms with E-state index in [1.165, 1.54) is 12.4 Å². The molecule has 152 valence electrons. The van der Waals surface area contributed by atoms with Crippen molar-refractivity contribution in [2.24, 2.45) is 4.99 Å². The average Bonchev–Trinajstić information content (AvgIpc) is 2.72. The Bertz CT molecular complexity index is 1130. The number of halogens is 1. The summed E-state index contributed by atoms with van der Waals surface area (Å²) in [6.07, 6.45) is 6.16. The number of ether oxygens (including phenoxy) is 2. The van der Waals surface area contributed by atoms with Crippen molar-refractivity contribution in [2.45, 2.75) is 6.92 Å². The molecule has 0 saturated carbocycles. The number of aromatic nitrogens is 2. The maximum atomic E-state index is 10.7. The molecule has 0 atom stereocenters. The highest BCUT2D eigenvalue weighted by atomic mass is 35.5. The minimum atomic E-state index is -0.383. The predicted molar refractivity (Wildman–Crippen MR) is 117 cm³/mol. The lowest BCUT2D eigenvalue weighted by Gasteiger charge is -2.10. The number of rotatable bonds is 4. The molecule has 2 aromatic carbocycles. The van der Waals surface area contributed by atoms with Crippen LogP contribution in [0.25, 0.3) is 0 Å². The summed E-state index contributed by atoms with van der Waals surface area (Å²) in [5, 5.41) is 3.49. The van der Waals surface area contributed by atoms with Gasteiger partial charge in [-0.3, -0.25) is 0 Å². The largest absolute Gasteiger partial charge is 0.454 e. The maximum Gasteiger partial charge on any atom is 0.345 e. The van der Waals surface area contributed by atoms with E-state index >= 15 is 0 Å². The Hall–Kier alpha value is -3.84. The zero-order chi connectivity index (χ0) is 21.3. The number of nitrogens with zero attached hydrogens (tertiary/aromatic N) is 2. The summed E-state index contributed by atoms with van der Waals surface area (Å²) in [7, 11) is 0. The minimum Gasteiger partial charge on any atom is -0.454 e. The van der Waals surface area contributed by atoms with Crippen LogP contribution in [-0.2, 0) is 0 Å². The van der Waals surface area contributed by atoms with Gasteiger partial charge in [0.05, 0.1) is 18.6 Å². The molecule has 7 nitrogen and oxygen atoms in total. The third-order valence-corrected chi connectivity index (χ3v) is 3.87. The lowest BCUT2D eigenvalue weighted by molar-refractivity contribution is 0.451. The Morgan fingerprint density at radius 3 is 2.43 bits per heavy atom. The van der Waals surface area contributed by atoms with Gasteiger partial charge in [-0.05, 0) is 42.8 Å². The highest BCUT2D eigenvalue weighted by Crippen LogP contribution is 2.20. The standard InChI is InChI=1S/C11H9ClN2O.C11H10N2O2/c1-8-13-6-11(7-14-8)15-10-4-2-3-9(12)5-10;1-8-3-2-4-9(5-8)15-10-6-12-11(14)13-7-10/h2-7,13H,1H2;2-7H,1H3,(H,12,13,14). The van der Waals surface area contributed by atoms with E-state index in [-0.39, 0.29) is 5.69 Å². The first-order valence-electron chi connectivity index (χ1n) is 8.90. The molecule has 0 spiro atoms. The summed E-state index contributed by atoms with van der Waals surface area (Å²) in [6, 6.07) is 14.8. The van der Waals surface area contributed by atoms with Gasteiger partial charge < -0.3 is 19.8 Å². The van der Waals surface area contributed by atoms with Gasteiger partial charge in [0.15, 0.2) is 11.5 Å². The molecule has 0 bridgehead atoms. The summed E-state index contributed by atoms with van der Waals surface area (Å²) in [4.78, 5) is 20.7. The van der Waals surface area contributed by atoms with Crippen LogP contribution < -0.4 is 20.5 Å². The van der Waals surface area contributed by atoms with E-state index in [2.05, 4.69) is 26.9 Å². The molecule has 8 heteroatoms. The van der Waals surface area contributed by atoms with Gasteiger partial charge in [0.1, 0.15) is 17.3 Å². The van der Waals surface area contributed by atoms with Gasteiger partial charge in [-0.2, -0.15) is 4.98 Å². The number of H-pyrrole nitrogens is 1. The summed E-state index contributed by atoms with van der Waals surface area (Å²) in [6.45, 7) is 5.62. The Kier molecular flexibility index (Phi) is 7.02. The monoisotopic (exact) mass is 422 g/mol. The first-order valence-corrected chi connectivity index (χ1v) is 9.28. The second-order valence-corrected chi connectivity index (χ2v) is 6.56. The normalized spacial score (nSPS) is 12.2. The van der Waals surface area contributed by atoms with Gasteiger partial charge in [-0.25, -0.2) is 9.79 Å². The number of allylic oxidation sites excluding steroid dienone is 1. The van der Waals surface area contributed by atoms with Gasteiger partial charge in [-0.15, -0.1) is 0 Å². The quantitative estimate of drug-likeness (QED) is 0.642. The molecule has 2 heterocycles. The fraction of sp³-hybridized carbons (Fsp3) is 0.0455. The van der Waals surface area contributed by atoms with E-state index in [0.717, 1.165) is 11.3 Å². The molecule has 0 radical (unpaired) electrons. The van der Waals surface area contributed by atoms with Crippen LogP contribution >= 0.6 is 11.6 Å². The van der Waals surface area contributed by atoms with E-state index in [4.69, 9.17) is 21.1 Å². The van der Waals surface area contributed by atoms with E-state index in [1.807, 2.05) is 43.3 Å². The van der Waals surface area contributed by atoms with Crippen molar-refractivity contribution in [1.29, 1.82) is 0 Å². The summed E-state index contributed by atoms with van der Waals surface area (Å²) >= 11 is 5.82. The zero-order valence-electron chi connectivity index (χ0n) is 16.1. The Balaban J connectivity index is 0.000000171. The molecular formula is C22H19ClN4O3. The molecule has 3 aromatic rings. The summed E-state index contributed by atoms with van der Waals surface area (Å²) in [5.74, 6) is 3.12. The second kappa shape index (κ2) is 10.1. The third-order valence-electron chi connectivity index (χ3n) is 3.63. The number of hydrogen-bond acceptors (Lipinski definition) is 6. The third kappa shape index (κ3) is 6.65. The van der Waals surface area contributed by atoms with Crippen molar-refractivity contribution >= 4 is 17.8 Å². The van der Waals surface area contributed by atoms with Gasteiger partial charge in [0, 0.05) is 11.2 Å². The van der Waals surface area contributed by atoms with E-state index in [9.17, 15) is 4.79 Å². The van der Waals surface area contributed by atoms with Gasteiger partial charge in [0.25, 0.3) is 0 Å². The van der Waals surface area contributed by atoms with Gasteiger partial charge in [-0.1, -0.05) is 36.4 Å². The SMILES string of the molecule is C=C1N=CC(Oc2cccc(Cl)c2)=CN1.Cc1cccc(Oc2cnc(=O)[nH]c2)c1. The molecule has 1 aliphatic rings. The fourth-order valence-corrected chi connectivity index (χ4v) is 2.47. The number of aryl methyl sites for hydroxylation is 1. The van der Waals surface area contributed by atoms with Crippen LogP contribution in [0.4, 0.5) is 0 Å². The van der Waals surface area contributed by atoms with Crippen LogP contribution in [0.3, 0.4) is 0 Å². The van der Waals surface area contributed by atoms with Crippen molar-refractivity contribution in [3.05, 3.63) is 106 Å². The molecule has 0 saturated heterocycles. The van der Waals surface area contributed by atoms with Crippen molar-refractivity contribution < 1.29 is 9.47 Å². The molecular weight excluding hydrogens is 404 g/mol. The van der Waals surface area contributed by atoms with Crippen LogP contribution in [0, 0.1) is 6.92 Å². The zero-order valence-corrected chi connectivity index (χ0v) is 16.9. The number of aromatic amines is 1. The number of aliphatic imine (C=N–C) groups is 1. The van der Waals surface area contributed by atoms with Gasteiger partial charge in [0.2, 0.25) is 0 Å². The topological polar surface area (TPSA) is 88.6 Å². The van der Waals surface area contributed by atoms with E-state index < -0.39 is 0 Å². The molecule has 0 unspecified atom stereocenters. The van der Waals surface area contributed by atoms with Crippen LogP contribution in [0.5, 0.6) is 17.2 Å². The van der Waals surface area contributed by atoms with Crippen LogP contribution in [0.2, 0.25) is 5.02 Å². The predicted octanol–water partition coefficient (Wildman–Crippen LogP) is 4.58. The molecule has 0 aliphatic carbocycles. The fourth-order valence-electron chi connectivity index (χ4n) is 2.29. The second-order valence-electron chi connectivity index (χ2n) is 6.13. The minimum absolute atomic E-state index is 0.383. The highest BCUT2D eigenvalue weighted by Gasteiger charge is 2.03. The molecule has 1 aromatic heterocycles. The molecule has 0 fully saturated rings. The lowest BCUT2D eigenvalue weighted by atomic mass is 10.2. The van der Waals surface area contributed by atoms with E-state index in [1.54, 1.807) is 24.5 Å². The average molecular weight is 423 g/mol. The molecule has 1 aliphatic heterocycles. The number of nitrogens with one attached hydrogen (secondary N) is 2. The van der Waals surface area contributed by atoms with Crippen LogP contribution in [0.15, 0.2) is 95.1 Å². The van der Waals surface area contributed by atoms with Crippen LogP contribution in [0.1, 0.15) is 5.56 Å². The maximum absolute atomic E-state index is 10.7. The Labute approximate surface area is 178 Å². The molecule has 30 heavy (non-hydrogen) atoms. The smallest absolute Gasteiger partial charge is 0.345 e. The molecule has 2 N–H and O–H groups in total. The Morgan fingerprint density at radius 2 is 1.80 bits per heavy atom. The van der Waals surface area contributed by atoms with Crippen molar-refractivity contribution in [2.75, 3.05) is 0 Å². The summed E-state index contributed by atoms with van der Waals surface area (Å²) < 4.78 is 11.0. The first kappa shape index (κ1) is 20.9. The van der Waals surface area contributed by atoms with Crippen molar-refractivity contribution in [3.8, 4) is 17.2 Å². The Morgan fingerprint density at radius 1 is 1.03 bits per heavy atom. The molecule has 0 amide bonds. The lowest BCUT2D eigenvalue weighted by Crippen LogP contribution is -2.12. The summed E-state index contributed by atoms with van der Waals surface area (Å²) in [5.41, 5.74) is 0.733. The number of hydrogen-bond donors (Lipinski definition) is 2. The first-order chi connectivity index (χ1) is 14.5. The van der Waals surface area contributed by atoms with Crippen molar-refractivity contribution in [1.82, 2.24) is 15.3 Å². The van der Waals surface area contributed by atoms with E-state index in [0.29, 0.717) is 28.1 Å². The van der Waals surface area contributed by atoms with Gasteiger partial charge >= 0.3 is 5.69 Å².